The zero-order chi connectivity index (χ0) is 12.7. The summed E-state index contributed by atoms with van der Waals surface area (Å²) in [5.74, 6) is 5.60. The van der Waals surface area contributed by atoms with Crippen LogP contribution in [0.3, 0.4) is 0 Å². The second-order valence-electron chi connectivity index (χ2n) is 3.74. The van der Waals surface area contributed by atoms with Crippen molar-refractivity contribution in [2.45, 2.75) is 26.8 Å². The molecule has 1 rings (SSSR count). The molecule has 0 aromatic carbocycles. The molecule has 0 radical (unpaired) electrons. The minimum Gasteiger partial charge on any atom is -0.384 e. The lowest BCUT2D eigenvalue weighted by Gasteiger charge is -2.09. The van der Waals surface area contributed by atoms with Gasteiger partial charge in [-0.25, -0.2) is 0 Å². The summed E-state index contributed by atoms with van der Waals surface area (Å²) in [6.07, 6.45) is 0.841. The van der Waals surface area contributed by atoms with E-state index in [2.05, 4.69) is 17.2 Å². The fraction of sp³-hybridized carbons (Fsp3) is 0.462. The number of nitrogens with one attached hydrogen (secondary N) is 1. The molecule has 2 N–H and O–H groups in total. The average Bonchev–Trinajstić information content (AvgIpc) is 2.79. The Bertz CT molecular complexity index is 428. The van der Waals surface area contributed by atoms with Gasteiger partial charge in [-0.1, -0.05) is 25.7 Å². The lowest BCUT2D eigenvalue weighted by atomic mass is 10.1. The number of thiophene rings is 1. The van der Waals surface area contributed by atoms with Crippen molar-refractivity contribution < 1.29 is 9.90 Å². The third kappa shape index (κ3) is 4.22. The Balaban J connectivity index is 2.58. The van der Waals surface area contributed by atoms with Crippen molar-refractivity contribution in [3.63, 3.8) is 0 Å². The van der Waals surface area contributed by atoms with Crippen LogP contribution in [-0.4, -0.2) is 17.6 Å². The van der Waals surface area contributed by atoms with E-state index in [1.807, 2.05) is 25.3 Å². The number of rotatable bonds is 4. The largest absolute Gasteiger partial charge is 0.384 e. The molecular formula is C13H17NO2S. The number of carbonyl (C=O) groups is 1. The van der Waals surface area contributed by atoms with Gasteiger partial charge in [0.25, 0.3) is 0 Å². The maximum Gasteiger partial charge on any atom is 0.223 e. The molecule has 0 bridgehead atoms. The highest BCUT2D eigenvalue weighted by Crippen LogP contribution is 2.15. The van der Waals surface area contributed by atoms with Crippen molar-refractivity contribution in [3.8, 4) is 11.8 Å². The van der Waals surface area contributed by atoms with Crippen LogP contribution in [0.2, 0.25) is 0 Å². The maximum atomic E-state index is 11.6. The minimum atomic E-state index is -0.144. The number of carbonyl (C=O) groups excluding carboxylic acids is 1. The van der Waals surface area contributed by atoms with Gasteiger partial charge in [0.2, 0.25) is 5.91 Å². The van der Waals surface area contributed by atoms with Gasteiger partial charge in [0.15, 0.2) is 0 Å². The van der Waals surface area contributed by atoms with E-state index >= 15 is 0 Å². The summed E-state index contributed by atoms with van der Waals surface area (Å²) in [6.45, 7) is 4.27. The third-order valence-corrected chi connectivity index (χ3v) is 3.45. The first-order chi connectivity index (χ1) is 8.19. The summed E-state index contributed by atoms with van der Waals surface area (Å²) in [5.41, 5.74) is 0.883. The van der Waals surface area contributed by atoms with Crippen LogP contribution in [0.25, 0.3) is 0 Å². The third-order valence-electron chi connectivity index (χ3n) is 2.53. The van der Waals surface area contributed by atoms with Gasteiger partial charge in [-0.2, -0.15) is 0 Å². The molecule has 1 aromatic rings. The van der Waals surface area contributed by atoms with Gasteiger partial charge < -0.3 is 10.4 Å². The first-order valence-corrected chi connectivity index (χ1v) is 6.50. The molecule has 0 spiro atoms. The maximum absolute atomic E-state index is 11.6. The summed E-state index contributed by atoms with van der Waals surface area (Å²) in [4.78, 5) is 12.6. The molecule has 1 amide bonds. The summed E-state index contributed by atoms with van der Waals surface area (Å²) < 4.78 is 0. The van der Waals surface area contributed by atoms with Gasteiger partial charge in [-0.05, 0) is 17.9 Å². The molecule has 0 aliphatic carbocycles. The van der Waals surface area contributed by atoms with Gasteiger partial charge in [-0.15, -0.1) is 11.3 Å². The fourth-order valence-corrected chi connectivity index (χ4v) is 2.02. The molecule has 4 heteroatoms. The summed E-state index contributed by atoms with van der Waals surface area (Å²) in [7, 11) is 0. The second kappa shape index (κ2) is 7.10. The Morgan fingerprint density at radius 3 is 3.06 bits per heavy atom. The van der Waals surface area contributed by atoms with Gasteiger partial charge in [-0.3, -0.25) is 4.79 Å². The summed E-state index contributed by atoms with van der Waals surface area (Å²) in [6, 6.07) is 1.90. The van der Waals surface area contributed by atoms with Crippen LogP contribution in [0.15, 0.2) is 11.4 Å². The van der Waals surface area contributed by atoms with Crippen LogP contribution in [0, 0.1) is 17.8 Å². The number of aliphatic hydroxyl groups excluding tert-OH is 1. The van der Waals surface area contributed by atoms with E-state index in [0.29, 0.717) is 6.54 Å². The Morgan fingerprint density at radius 1 is 1.65 bits per heavy atom. The van der Waals surface area contributed by atoms with Gasteiger partial charge in [0, 0.05) is 16.4 Å². The van der Waals surface area contributed by atoms with Crippen molar-refractivity contribution >= 4 is 17.2 Å². The number of hydrogen-bond acceptors (Lipinski definition) is 3. The van der Waals surface area contributed by atoms with Crippen molar-refractivity contribution in [2.75, 3.05) is 6.61 Å². The molecule has 0 saturated heterocycles. The van der Waals surface area contributed by atoms with E-state index in [9.17, 15) is 4.79 Å². The summed E-state index contributed by atoms with van der Waals surface area (Å²) >= 11 is 1.56. The second-order valence-corrected chi connectivity index (χ2v) is 4.75. The normalized spacial score (nSPS) is 11.5. The van der Waals surface area contributed by atoms with E-state index in [-0.39, 0.29) is 18.4 Å². The summed E-state index contributed by atoms with van der Waals surface area (Å²) in [5, 5.41) is 13.5. The van der Waals surface area contributed by atoms with Gasteiger partial charge in [0.05, 0.1) is 6.54 Å². The van der Waals surface area contributed by atoms with Crippen LogP contribution in [-0.2, 0) is 11.3 Å². The molecule has 0 aliphatic heterocycles. The Morgan fingerprint density at radius 2 is 2.41 bits per heavy atom. The zero-order valence-corrected chi connectivity index (χ0v) is 10.9. The highest BCUT2D eigenvalue weighted by molar-refractivity contribution is 7.10. The van der Waals surface area contributed by atoms with Crippen LogP contribution in [0.4, 0.5) is 0 Å². The molecule has 1 unspecified atom stereocenters. The average molecular weight is 251 g/mol. The number of amides is 1. The Labute approximate surface area is 106 Å². The molecule has 3 nitrogen and oxygen atoms in total. The molecule has 0 aliphatic rings. The molecule has 1 heterocycles. The Kier molecular flexibility index (Phi) is 5.75. The molecule has 1 atom stereocenters. The van der Waals surface area contributed by atoms with E-state index in [1.54, 1.807) is 11.3 Å². The zero-order valence-electron chi connectivity index (χ0n) is 10.1. The fourth-order valence-electron chi connectivity index (χ4n) is 1.25. The molecular weight excluding hydrogens is 234 g/mol. The van der Waals surface area contributed by atoms with Crippen LogP contribution in [0.5, 0.6) is 0 Å². The minimum absolute atomic E-state index is 0.0435. The standard InChI is InChI=1S/C13H17NO2S/c1-3-10(2)13(16)14-9-12-11(5-4-7-15)6-8-17-12/h6,8,10,15H,3,7,9H2,1-2H3,(H,14,16). The van der Waals surface area contributed by atoms with Crippen molar-refractivity contribution in [2.24, 2.45) is 5.92 Å². The van der Waals surface area contributed by atoms with Crippen molar-refractivity contribution in [1.29, 1.82) is 0 Å². The van der Waals surface area contributed by atoms with Crippen LogP contribution < -0.4 is 5.32 Å². The molecule has 0 saturated carbocycles. The van der Waals surface area contributed by atoms with Crippen molar-refractivity contribution in [3.05, 3.63) is 21.9 Å². The number of aliphatic hydroxyl groups is 1. The van der Waals surface area contributed by atoms with Gasteiger partial charge in [0.1, 0.15) is 6.61 Å². The predicted octanol–water partition coefficient (Wildman–Crippen LogP) is 1.75. The lowest BCUT2D eigenvalue weighted by molar-refractivity contribution is -0.124. The highest BCUT2D eigenvalue weighted by atomic mass is 32.1. The van der Waals surface area contributed by atoms with Crippen LogP contribution in [0.1, 0.15) is 30.7 Å². The van der Waals surface area contributed by atoms with E-state index in [4.69, 9.17) is 5.11 Å². The monoisotopic (exact) mass is 251 g/mol. The highest BCUT2D eigenvalue weighted by Gasteiger charge is 2.10. The van der Waals surface area contributed by atoms with Gasteiger partial charge >= 0.3 is 0 Å². The lowest BCUT2D eigenvalue weighted by Crippen LogP contribution is -2.28. The van der Waals surface area contributed by atoms with Crippen molar-refractivity contribution in [1.82, 2.24) is 5.32 Å². The molecule has 1 aromatic heterocycles. The smallest absolute Gasteiger partial charge is 0.223 e. The molecule has 0 fully saturated rings. The van der Waals surface area contributed by atoms with E-state index in [1.165, 1.54) is 0 Å². The van der Waals surface area contributed by atoms with Crippen LogP contribution >= 0.6 is 11.3 Å². The Hall–Kier alpha value is -1.31. The molecule has 92 valence electrons. The predicted molar refractivity (Wildman–Crippen MR) is 69.6 cm³/mol. The van der Waals surface area contributed by atoms with E-state index in [0.717, 1.165) is 16.9 Å². The van der Waals surface area contributed by atoms with E-state index < -0.39 is 0 Å². The quantitative estimate of drug-likeness (QED) is 0.801. The first-order valence-electron chi connectivity index (χ1n) is 5.62. The first kappa shape index (κ1) is 13.8. The topological polar surface area (TPSA) is 49.3 Å². The number of hydrogen-bond donors (Lipinski definition) is 2. The molecule has 17 heavy (non-hydrogen) atoms. The SMILES string of the molecule is CCC(C)C(=O)NCc1sccc1C#CCO.